The number of morpholine rings is 1. The maximum absolute atomic E-state index is 5.47. The highest BCUT2D eigenvalue weighted by Crippen LogP contribution is 2.32. The van der Waals surface area contributed by atoms with Crippen LogP contribution in [0.15, 0.2) is 24.3 Å². The Morgan fingerprint density at radius 3 is 2.60 bits per heavy atom. The van der Waals surface area contributed by atoms with E-state index in [1.54, 1.807) is 7.11 Å². The molecule has 1 saturated heterocycles. The van der Waals surface area contributed by atoms with Crippen LogP contribution in [0.5, 0.6) is 5.75 Å². The number of benzene rings is 1. The summed E-state index contributed by atoms with van der Waals surface area (Å²) in [5.41, 5.74) is 1.27. The van der Waals surface area contributed by atoms with E-state index in [0.717, 1.165) is 32.1 Å². The Morgan fingerprint density at radius 2 is 2.00 bits per heavy atom. The van der Waals surface area contributed by atoms with Crippen LogP contribution >= 0.6 is 0 Å². The Morgan fingerprint density at radius 1 is 1.30 bits per heavy atom. The lowest BCUT2D eigenvalue weighted by Gasteiger charge is -2.46. The van der Waals surface area contributed by atoms with E-state index in [1.165, 1.54) is 5.56 Å². The van der Waals surface area contributed by atoms with E-state index in [2.05, 4.69) is 36.2 Å². The van der Waals surface area contributed by atoms with E-state index >= 15 is 0 Å². The first-order chi connectivity index (χ1) is 9.59. The largest absolute Gasteiger partial charge is 0.497 e. The summed E-state index contributed by atoms with van der Waals surface area (Å²) < 4.78 is 10.8. The molecule has 0 bridgehead atoms. The molecular formula is C16H26N2O2. The van der Waals surface area contributed by atoms with Crippen molar-refractivity contribution in [2.24, 2.45) is 0 Å². The van der Waals surface area contributed by atoms with Gasteiger partial charge in [0.1, 0.15) is 5.75 Å². The van der Waals surface area contributed by atoms with Gasteiger partial charge in [-0.25, -0.2) is 0 Å². The molecule has 1 atom stereocenters. The smallest absolute Gasteiger partial charge is 0.119 e. The number of hydrogen-bond acceptors (Lipinski definition) is 4. The SMILES string of the molecule is CNC(c1cccc(OC)c1)C(C)(C)N1CCOCC1. The lowest BCUT2D eigenvalue weighted by atomic mass is 9.86. The van der Waals surface area contributed by atoms with Gasteiger partial charge in [0, 0.05) is 18.6 Å². The van der Waals surface area contributed by atoms with E-state index < -0.39 is 0 Å². The van der Waals surface area contributed by atoms with Gasteiger partial charge in [0.15, 0.2) is 0 Å². The molecule has 1 heterocycles. The van der Waals surface area contributed by atoms with E-state index in [4.69, 9.17) is 9.47 Å². The lowest BCUT2D eigenvalue weighted by Crippen LogP contribution is -2.55. The zero-order valence-electron chi connectivity index (χ0n) is 13.0. The third-order valence-corrected chi connectivity index (χ3v) is 4.25. The standard InChI is InChI=1S/C16H26N2O2/c1-16(2,18-8-10-20-11-9-18)15(17-3)13-6-5-7-14(12-13)19-4/h5-7,12,15,17H,8-11H2,1-4H3. The lowest BCUT2D eigenvalue weighted by molar-refractivity contribution is -0.0229. The van der Waals surface area contributed by atoms with Gasteiger partial charge in [-0.15, -0.1) is 0 Å². The van der Waals surface area contributed by atoms with Crippen molar-refractivity contribution in [3.8, 4) is 5.75 Å². The molecule has 1 fully saturated rings. The molecule has 1 N–H and O–H groups in total. The van der Waals surface area contributed by atoms with Crippen molar-refractivity contribution in [1.29, 1.82) is 0 Å². The molecule has 0 spiro atoms. The van der Waals surface area contributed by atoms with E-state index in [-0.39, 0.29) is 11.6 Å². The highest BCUT2D eigenvalue weighted by molar-refractivity contribution is 5.32. The number of hydrogen-bond donors (Lipinski definition) is 1. The first kappa shape index (κ1) is 15.3. The van der Waals surface area contributed by atoms with Crippen LogP contribution in [0.1, 0.15) is 25.5 Å². The van der Waals surface area contributed by atoms with Crippen molar-refractivity contribution in [1.82, 2.24) is 10.2 Å². The highest BCUT2D eigenvalue weighted by atomic mass is 16.5. The van der Waals surface area contributed by atoms with Gasteiger partial charge in [0.25, 0.3) is 0 Å². The predicted octanol–water partition coefficient (Wildman–Crippen LogP) is 2.07. The summed E-state index contributed by atoms with van der Waals surface area (Å²) in [6, 6.07) is 8.55. The van der Waals surface area contributed by atoms with Gasteiger partial charge in [0.05, 0.1) is 26.4 Å². The molecule has 0 radical (unpaired) electrons. The third-order valence-electron chi connectivity index (χ3n) is 4.25. The zero-order chi connectivity index (χ0) is 14.6. The van der Waals surface area contributed by atoms with Gasteiger partial charge in [-0.1, -0.05) is 12.1 Å². The monoisotopic (exact) mass is 278 g/mol. The maximum Gasteiger partial charge on any atom is 0.119 e. The third kappa shape index (κ3) is 3.14. The van der Waals surface area contributed by atoms with Gasteiger partial charge in [-0.2, -0.15) is 0 Å². The Hall–Kier alpha value is -1.10. The van der Waals surface area contributed by atoms with Crippen molar-refractivity contribution in [2.75, 3.05) is 40.5 Å². The van der Waals surface area contributed by atoms with E-state index in [0.29, 0.717) is 0 Å². The van der Waals surface area contributed by atoms with Crippen molar-refractivity contribution in [2.45, 2.75) is 25.4 Å². The van der Waals surface area contributed by atoms with Crippen LogP contribution in [0.3, 0.4) is 0 Å². The topological polar surface area (TPSA) is 33.7 Å². The van der Waals surface area contributed by atoms with Crippen LogP contribution in [0.25, 0.3) is 0 Å². The van der Waals surface area contributed by atoms with Gasteiger partial charge < -0.3 is 14.8 Å². The predicted molar refractivity (Wildman–Crippen MR) is 81.3 cm³/mol. The molecule has 1 unspecified atom stereocenters. The molecular weight excluding hydrogens is 252 g/mol. The molecule has 20 heavy (non-hydrogen) atoms. The molecule has 0 saturated carbocycles. The van der Waals surface area contributed by atoms with E-state index in [1.807, 2.05) is 19.2 Å². The molecule has 4 heteroatoms. The van der Waals surface area contributed by atoms with Crippen LogP contribution in [0, 0.1) is 0 Å². The molecule has 1 aromatic carbocycles. The highest BCUT2D eigenvalue weighted by Gasteiger charge is 2.36. The number of methoxy groups -OCH3 is 1. The van der Waals surface area contributed by atoms with Crippen molar-refractivity contribution in [3.63, 3.8) is 0 Å². The zero-order valence-corrected chi connectivity index (χ0v) is 13.0. The minimum Gasteiger partial charge on any atom is -0.497 e. The van der Waals surface area contributed by atoms with Crippen molar-refractivity contribution >= 4 is 0 Å². The second-order valence-electron chi connectivity index (χ2n) is 5.75. The van der Waals surface area contributed by atoms with Crippen LogP contribution in [-0.2, 0) is 4.74 Å². The van der Waals surface area contributed by atoms with Gasteiger partial charge in [-0.3, -0.25) is 4.90 Å². The fourth-order valence-electron chi connectivity index (χ4n) is 3.07. The maximum atomic E-state index is 5.47. The van der Waals surface area contributed by atoms with Crippen molar-refractivity contribution < 1.29 is 9.47 Å². The number of likely N-dealkylation sites (N-methyl/N-ethyl adjacent to an activating group) is 1. The molecule has 0 aliphatic carbocycles. The molecule has 1 aromatic rings. The summed E-state index contributed by atoms with van der Waals surface area (Å²) in [5.74, 6) is 0.903. The number of ether oxygens (including phenoxy) is 2. The average Bonchev–Trinajstić information content (AvgIpc) is 2.49. The summed E-state index contributed by atoms with van der Waals surface area (Å²) in [7, 11) is 3.73. The fraction of sp³-hybridized carbons (Fsp3) is 0.625. The molecule has 4 nitrogen and oxygen atoms in total. The van der Waals surface area contributed by atoms with Gasteiger partial charge >= 0.3 is 0 Å². The van der Waals surface area contributed by atoms with Gasteiger partial charge in [0.2, 0.25) is 0 Å². The molecule has 2 rings (SSSR count). The number of nitrogens with zero attached hydrogens (tertiary/aromatic N) is 1. The van der Waals surface area contributed by atoms with E-state index in [9.17, 15) is 0 Å². The van der Waals surface area contributed by atoms with Crippen LogP contribution < -0.4 is 10.1 Å². The average molecular weight is 278 g/mol. The van der Waals surface area contributed by atoms with Crippen molar-refractivity contribution in [3.05, 3.63) is 29.8 Å². The quantitative estimate of drug-likeness (QED) is 0.894. The Kier molecular flexibility index (Phi) is 5.02. The summed E-state index contributed by atoms with van der Waals surface area (Å²) in [6.45, 7) is 8.18. The van der Waals surface area contributed by atoms with Crippen LogP contribution in [0.2, 0.25) is 0 Å². The second-order valence-corrected chi connectivity index (χ2v) is 5.75. The summed E-state index contributed by atoms with van der Waals surface area (Å²) in [5, 5.41) is 3.47. The molecule has 1 aliphatic rings. The second kappa shape index (κ2) is 6.57. The summed E-state index contributed by atoms with van der Waals surface area (Å²) in [6.07, 6.45) is 0. The van der Waals surface area contributed by atoms with Crippen LogP contribution in [-0.4, -0.2) is 50.9 Å². The number of rotatable bonds is 5. The Labute approximate surface area is 122 Å². The summed E-state index contributed by atoms with van der Waals surface area (Å²) >= 11 is 0. The Balaban J connectivity index is 2.24. The molecule has 1 aliphatic heterocycles. The minimum atomic E-state index is 0.0187. The van der Waals surface area contributed by atoms with Gasteiger partial charge in [-0.05, 0) is 38.6 Å². The molecule has 0 amide bonds. The first-order valence-electron chi connectivity index (χ1n) is 7.23. The summed E-state index contributed by atoms with van der Waals surface area (Å²) in [4.78, 5) is 2.50. The first-order valence-corrected chi connectivity index (χ1v) is 7.23. The fourth-order valence-corrected chi connectivity index (χ4v) is 3.07. The number of nitrogens with one attached hydrogen (secondary N) is 1. The minimum absolute atomic E-state index is 0.0187. The normalized spacial score (nSPS) is 18.8. The molecule has 0 aromatic heterocycles. The molecule has 112 valence electrons. The van der Waals surface area contributed by atoms with Crippen LogP contribution in [0.4, 0.5) is 0 Å². The Bertz CT molecular complexity index is 428.